The highest BCUT2D eigenvalue weighted by Crippen LogP contribution is 2.13. The predicted octanol–water partition coefficient (Wildman–Crippen LogP) is 1.56. The number of hydrogen-bond donors (Lipinski definition) is 1. The predicted molar refractivity (Wildman–Crippen MR) is 66.0 cm³/mol. The number of nitrogens with zero attached hydrogens (tertiary/aromatic N) is 1. The fourth-order valence-electron chi connectivity index (χ4n) is 1.37. The summed E-state index contributed by atoms with van der Waals surface area (Å²) in [4.78, 5) is 13.6. The smallest absolute Gasteiger partial charge is 0.227 e. The van der Waals surface area contributed by atoms with Gasteiger partial charge in [-0.2, -0.15) is 0 Å². The second-order valence-corrected chi connectivity index (χ2v) is 4.77. The van der Waals surface area contributed by atoms with Gasteiger partial charge < -0.3 is 10.6 Å². The maximum Gasteiger partial charge on any atom is 0.227 e. The highest BCUT2D eigenvalue weighted by Gasteiger charge is 2.25. The third-order valence-electron chi connectivity index (χ3n) is 3.05. The average molecular weight is 238 g/mol. The second-order valence-electron chi connectivity index (χ2n) is 4.77. The zero-order valence-electron chi connectivity index (χ0n) is 10.5. The molecule has 17 heavy (non-hydrogen) atoms. The van der Waals surface area contributed by atoms with Gasteiger partial charge in [0, 0.05) is 19.1 Å². The van der Waals surface area contributed by atoms with Crippen LogP contribution in [-0.2, 0) is 11.2 Å². The maximum atomic E-state index is 12.7. The van der Waals surface area contributed by atoms with E-state index in [4.69, 9.17) is 5.73 Å². The van der Waals surface area contributed by atoms with Crippen LogP contribution < -0.4 is 5.73 Å². The molecule has 0 atom stereocenters. The van der Waals surface area contributed by atoms with Gasteiger partial charge >= 0.3 is 0 Å². The minimum Gasteiger partial charge on any atom is -0.339 e. The molecule has 0 fully saturated rings. The van der Waals surface area contributed by atoms with E-state index >= 15 is 0 Å². The van der Waals surface area contributed by atoms with Crippen LogP contribution in [0.1, 0.15) is 19.4 Å². The molecule has 0 heterocycles. The lowest BCUT2D eigenvalue weighted by Crippen LogP contribution is -2.50. The lowest BCUT2D eigenvalue weighted by atomic mass is 10.0. The fourth-order valence-corrected chi connectivity index (χ4v) is 1.37. The van der Waals surface area contributed by atoms with Crippen LogP contribution in [0.3, 0.4) is 0 Å². The van der Waals surface area contributed by atoms with Crippen molar-refractivity contribution in [3.8, 4) is 0 Å². The lowest BCUT2D eigenvalue weighted by molar-refractivity contribution is -0.133. The topological polar surface area (TPSA) is 46.3 Å². The van der Waals surface area contributed by atoms with Gasteiger partial charge in [0.2, 0.25) is 5.91 Å². The summed E-state index contributed by atoms with van der Waals surface area (Å²) in [6, 6.07) is 5.96. The van der Waals surface area contributed by atoms with Gasteiger partial charge in [0.25, 0.3) is 0 Å². The Morgan fingerprint density at radius 2 is 1.88 bits per heavy atom. The van der Waals surface area contributed by atoms with E-state index in [-0.39, 0.29) is 23.7 Å². The van der Waals surface area contributed by atoms with E-state index in [2.05, 4.69) is 0 Å². The largest absolute Gasteiger partial charge is 0.339 e. The summed E-state index contributed by atoms with van der Waals surface area (Å²) in [6.07, 6.45) is 0.264. The van der Waals surface area contributed by atoms with Crippen molar-refractivity contribution >= 4 is 5.91 Å². The number of nitrogens with two attached hydrogens (primary N) is 1. The Morgan fingerprint density at radius 3 is 2.35 bits per heavy atom. The van der Waals surface area contributed by atoms with E-state index in [1.54, 1.807) is 24.1 Å². The van der Waals surface area contributed by atoms with Crippen LogP contribution in [0.5, 0.6) is 0 Å². The third kappa shape index (κ3) is 3.53. The Morgan fingerprint density at radius 1 is 1.35 bits per heavy atom. The Kier molecular flexibility index (Phi) is 4.23. The van der Waals surface area contributed by atoms with Crippen molar-refractivity contribution in [2.75, 3.05) is 13.6 Å². The molecular weight excluding hydrogens is 219 g/mol. The highest BCUT2D eigenvalue weighted by atomic mass is 19.1. The summed E-state index contributed by atoms with van der Waals surface area (Å²) in [6.45, 7) is 4.23. The maximum absolute atomic E-state index is 12.7. The van der Waals surface area contributed by atoms with E-state index in [9.17, 15) is 9.18 Å². The normalized spacial score (nSPS) is 11.4. The summed E-state index contributed by atoms with van der Waals surface area (Å²) in [7, 11) is 1.73. The van der Waals surface area contributed by atoms with Crippen molar-refractivity contribution in [1.29, 1.82) is 0 Å². The molecule has 0 saturated heterocycles. The first kappa shape index (κ1) is 13.6. The van der Waals surface area contributed by atoms with Gasteiger partial charge in [-0.15, -0.1) is 0 Å². The van der Waals surface area contributed by atoms with Gasteiger partial charge in [0.15, 0.2) is 0 Å². The molecule has 0 unspecified atom stereocenters. The Bertz CT molecular complexity index is 387. The molecule has 1 amide bonds. The number of rotatable bonds is 4. The second kappa shape index (κ2) is 5.27. The quantitative estimate of drug-likeness (QED) is 0.865. The monoisotopic (exact) mass is 238 g/mol. The van der Waals surface area contributed by atoms with E-state index in [1.165, 1.54) is 12.1 Å². The van der Waals surface area contributed by atoms with Gasteiger partial charge in [-0.3, -0.25) is 4.79 Å². The molecule has 2 N–H and O–H groups in total. The van der Waals surface area contributed by atoms with E-state index in [0.29, 0.717) is 6.54 Å². The molecule has 0 radical (unpaired) electrons. The van der Waals surface area contributed by atoms with Crippen molar-refractivity contribution in [3.63, 3.8) is 0 Å². The Balaban J connectivity index is 2.69. The molecule has 1 aromatic carbocycles. The highest BCUT2D eigenvalue weighted by molar-refractivity contribution is 5.79. The van der Waals surface area contributed by atoms with Gasteiger partial charge in [-0.1, -0.05) is 12.1 Å². The molecule has 94 valence electrons. The standard InChI is InChI=1S/C13H19FN2O/c1-13(2,9-15)16(3)12(17)8-10-4-6-11(14)7-5-10/h4-7H,8-9,15H2,1-3H3. The van der Waals surface area contributed by atoms with Crippen molar-refractivity contribution in [2.24, 2.45) is 5.73 Å². The number of halogens is 1. The first-order chi connectivity index (χ1) is 7.86. The molecule has 0 saturated carbocycles. The molecule has 0 spiro atoms. The zero-order valence-corrected chi connectivity index (χ0v) is 10.5. The van der Waals surface area contributed by atoms with Crippen LogP contribution in [-0.4, -0.2) is 29.9 Å². The molecule has 0 bridgehead atoms. The van der Waals surface area contributed by atoms with Crippen molar-refractivity contribution in [2.45, 2.75) is 25.8 Å². The average Bonchev–Trinajstić information content (AvgIpc) is 2.31. The van der Waals surface area contributed by atoms with E-state index in [1.807, 2.05) is 13.8 Å². The summed E-state index contributed by atoms with van der Waals surface area (Å²) < 4.78 is 12.7. The Hall–Kier alpha value is -1.42. The van der Waals surface area contributed by atoms with Gasteiger partial charge in [0.05, 0.1) is 6.42 Å². The van der Waals surface area contributed by atoms with Crippen LogP contribution in [0.4, 0.5) is 4.39 Å². The van der Waals surface area contributed by atoms with Crippen LogP contribution >= 0.6 is 0 Å². The molecule has 0 aliphatic heterocycles. The molecule has 4 heteroatoms. The van der Waals surface area contributed by atoms with Crippen LogP contribution in [0.15, 0.2) is 24.3 Å². The Labute approximate surface area is 101 Å². The zero-order chi connectivity index (χ0) is 13.1. The van der Waals surface area contributed by atoms with Gasteiger partial charge in [0.1, 0.15) is 5.82 Å². The van der Waals surface area contributed by atoms with E-state index in [0.717, 1.165) is 5.56 Å². The summed E-state index contributed by atoms with van der Waals surface area (Å²) in [5.74, 6) is -0.316. The summed E-state index contributed by atoms with van der Waals surface area (Å²) >= 11 is 0. The number of carbonyl (C=O) groups is 1. The van der Waals surface area contributed by atoms with Crippen LogP contribution in [0.2, 0.25) is 0 Å². The number of amides is 1. The van der Waals surface area contributed by atoms with Crippen molar-refractivity contribution in [1.82, 2.24) is 4.90 Å². The van der Waals surface area contributed by atoms with Crippen LogP contribution in [0, 0.1) is 5.82 Å². The third-order valence-corrected chi connectivity index (χ3v) is 3.05. The van der Waals surface area contributed by atoms with Crippen LogP contribution in [0.25, 0.3) is 0 Å². The minimum atomic E-state index is -0.364. The molecule has 3 nitrogen and oxygen atoms in total. The van der Waals surface area contributed by atoms with Crippen molar-refractivity contribution < 1.29 is 9.18 Å². The minimum absolute atomic E-state index is 0.0212. The molecular formula is C13H19FN2O. The molecule has 1 rings (SSSR count). The number of hydrogen-bond acceptors (Lipinski definition) is 2. The van der Waals surface area contributed by atoms with Gasteiger partial charge in [-0.05, 0) is 31.5 Å². The molecule has 0 aliphatic rings. The number of carbonyl (C=O) groups excluding carboxylic acids is 1. The first-order valence-electron chi connectivity index (χ1n) is 5.58. The molecule has 1 aromatic rings. The van der Waals surface area contributed by atoms with Crippen molar-refractivity contribution in [3.05, 3.63) is 35.6 Å². The summed E-state index contributed by atoms with van der Waals surface area (Å²) in [5.41, 5.74) is 6.05. The number of likely N-dealkylation sites (N-methyl/N-ethyl adjacent to an activating group) is 1. The fraction of sp³-hybridized carbons (Fsp3) is 0.462. The lowest BCUT2D eigenvalue weighted by Gasteiger charge is -2.34. The number of benzene rings is 1. The van der Waals surface area contributed by atoms with E-state index < -0.39 is 0 Å². The first-order valence-corrected chi connectivity index (χ1v) is 5.58. The molecule has 0 aromatic heterocycles. The SMILES string of the molecule is CN(C(=O)Cc1ccc(F)cc1)C(C)(C)CN. The molecule has 0 aliphatic carbocycles. The van der Waals surface area contributed by atoms with Gasteiger partial charge in [-0.25, -0.2) is 4.39 Å². The summed E-state index contributed by atoms with van der Waals surface area (Å²) in [5, 5.41) is 0.